The maximum atomic E-state index is 12.7. The number of rotatable bonds is 4. The van der Waals surface area contributed by atoms with Crippen LogP contribution in [-0.2, 0) is 4.79 Å². The SMILES string of the molecule is CC(=O)c1cccc(OC(C)C(=O)N2CCC3CCC(C2)N3)c1. The first-order valence-electron chi connectivity index (χ1n) is 8.35. The van der Waals surface area contributed by atoms with E-state index >= 15 is 0 Å². The number of fused-ring (bicyclic) bond motifs is 2. The average Bonchev–Trinajstić information content (AvgIpc) is 2.86. The molecule has 0 aliphatic carbocycles. The first kappa shape index (κ1) is 16.0. The van der Waals surface area contributed by atoms with Crippen molar-refractivity contribution in [2.75, 3.05) is 13.1 Å². The van der Waals surface area contributed by atoms with Crippen LogP contribution in [0, 0.1) is 0 Å². The Balaban J connectivity index is 1.63. The number of Topliss-reactive ketones (excluding diaryl/α,β-unsaturated/α-hetero) is 1. The summed E-state index contributed by atoms with van der Waals surface area (Å²) < 4.78 is 5.78. The van der Waals surface area contributed by atoms with E-state index in [0.29, 0.717) is 23.4 Å². The summed E-state index contributed by atoms with van der Waals surface area (Å²) in [7, 11) is 0. The van der Waals surface area contributed by atoms with E-state index in [1.807, 2.05) is 4.90 Å². The van der Waals surface area contributed by atoms with Crippen molar-refractivity contribution in [3.05, 3.63) is 29.8 Å². The van der Waals surface area contributed by atoms with Crippen LogP contribution in [0.5, 0.6) is 5.75 Å². The zero-order valence-corrected chi connectivity index (χ0v) is 13.7. The van der Waals surface area contributed by atoms with Crippen LogP contribution < -0.4 is 10.1 Å². The van der Waals surface area contributed by atoms with Gasteiger partial charge in [-0.05, 0) is 45.2 Å². The summed E-state index contributed by atoms with van der Waals surface area (Å²) in [5.41, 5.74) is 0.596. The highest BCUT2D eigenvalue weighted by molar-refractivity contribution is 5.94. The third kappa shape index (κ3) is 3.72. The van der Waals surface area contributed by atoms with E-state index in [1.165, 1.54) is 13.3 Å². The molecule has 2 bridgehead atoms. The van der Waals surface area contributed by atoms with Gasteiger partial charge in [0.15, 0.2) is 11.9 Å². The molecule has 124 valence electrons. The molecule has 2 saturated heterocycles. The molecule has 1 aromatic rings. The van der Waals surface area contributed by atoms with Gasteiger partial charge in [-0.3, -0.25) is 9.59 Å². The first-order valence-corrected chi connectivity index (χ1v) is 8.35. The maximum absolute atomic E-state index is 12.7. The van der Waals surface area contributed by atoms with E-state index in [4.69, 9.17) is 4.74 Å². The van der Waals surface area contributed by atoms with E-state index in [2.05, 4.69) is 5.32 Å². The van der Waals surface area contributed by atoms with Crippen molar-refractivity contribution in [1.29, 1.82) is 0 Å². The van der Waals surface area contributed by atoms with Crippen LogP contribution in [0.4, 0.5) is 0 Å². The van der Waals surface area contributed by atoms with Gasteiger partial charge in [-0.1, -0.05) is 12.1 Å². The Labute approximate surface area is 137 Å². The summed E-state index contributed by atoms with van der Waals surface area (Å²) >= 11 is 0. The zero-order chi connectivity index (χ0) is 16.4. The van der Waals surface area contributed by atoms with Crippen molar-refractivity contribution in [3.63, 3.8) is 0 Å². The second-order valence-corrected chi connectivity index (χ2v) is 6.55. The van der Waals surface area contributed by atoms with Gasteiger partial charge in [0, 0.05) is 30.7 Å². The highest BCUT2D eigenvalue weighted by Gasteiger charge is 2.33. The van der Waals surface area contributed by atoms with Crippen LogP contribution in [0.2, 0.25) is 0 Å². The number of ether oxygens (including phenoxy) is 1. The van der Waals surface area contributed by atoms with Crippen LogP contribution in [0.3, 0.4) is 0 Å². The lowest BCUT2D eigenvalue weighted by atomic mass is 10.1. The van der Waals surface area contributed by atoms with E-state index < -0.39 is 6.10 Å². The van der Waals surface area contributed by atoms with Gasteiger partial charge in [0.2, 0.25) is 0 Å². The summed E-state index contributed by atoms with van der Waals surface area (Å²) in [6, 6.07) is 7.97. The topological polar surface area (TPSA) is 58.6 Å². The molecule has 1 amide bonds. The van der Waals surface area contributed by atoms with Crippen molar-refractivity contribution in [1.82, 2.24) is 10.2 Å². The fourth-order valence-electron chi connectivity index (χ4n) is 3.44. The molecule has 3 unspecified atom stereocenters. The van der Waals surface area contributed by atoms with Crippen LogP contribution in [0.25, 0.3) is 0 Å². The van der Waals surface area contributed by atoms with Crippen LogP contribution in [0.1, 0.15) is 43.5 Å². The number of hydrogen-bond acceptors (Lipinski definition) is 4. The molecule has 5 nitrogen and oxygen atoms in total. The van der Waals surface area contributed by atoms with Crippen molar-refractivity contribution in [3.8, 4) is 5.75 Å². The number of carbonyl (C=O) groups excluding carboxylic acids is 2. The van der Waals surface area contributed by atoms with Crippen LogP contribution in [0.15, 0.2) is 24.3 Å². The molecule has 3 rings (SSSR count). The Morgan fingerprint density at radius 2 is 2.04 bits per heavy atom. The summed E-state index contributed by atoms with van der Waals surface area (Å²) in [5.74, 6) is 0.574. The minimum Gasteiger partial charge on any atom is -0.481 e. The Morgan fingerprint density at radius 1 is 1.26 bits per heavy atom. The molecule has 1 N–H and O–H groups in total. The molecule has 23 heavy (non-hydrogen) atoms. The van der Waals surface area contributed by atoms with Gasteiger partial charge < -0.3 is 15.0 Å². The molecule has 2 aliphatic heterocycles. The van der Waals surface area contributed by atoms with Crippen LogP contribution >= 0.6 is 0 Å². The highest BCUT2D eigenvalue weighted by Crippen LogP contribution is 2.22. The zero-order valence-electron chi connectivity index (χ0n) is 13.7. The van der Waals surface area contributed by atoms with Gasteiger partial charge >= 0.3 is 0 Å². The molecule has 1 aromatic carbocycles. The molecular weight excluding hydrogens is 292 g/mol. The molecule has 0 aromatic heterocycles. The molecule has 0 saturated carbocycles. The first-order chi connectivity index (χ1) is 11.0. The van der Waals surface area contributed by atoms with E-state index in [0.717, 1.165) is 25.9 Å². The lowest BCUT2D eigenvalue weighted by Crippen LogP contribution is -2.44. The standard InChI is InChI=1S/C18H24N2O3/c1-12(21)14-4-3-5-17(10-14)23-13(2)18(22)20-9-8-15-6-7-16(11-20)19-15/h3-5,10,13,15-16,19H,6-9,11H2,1-2H3. The predicted molar refractivity (Wildman–Crippen MR) is 87.7 cm³/mol. The van der Waals surface area contributed by atoms with Gasteiger partial charge in [0.1, 0.15) is 5.75 Å². The monoisotopic (exact) mass is 316 g/mol. The normalized spacial score (nSPS) is 24.9. The number of nitrogens with zero attached hydrogens (tertiary/aromatic N) is 1. The second kappa shape index (κ2) is 6.71. The fraction of sp³-hybridized carbons (Fsp3) is 0.556. The average molecular weight is 316 g/mol. The quantitative estimate of drug-likeness (QED) is 0.863. The largest absolute Gasteiger partial charge is 0.481 e. The molecule has 3 atom stereocenters. The Morgan fingerprint density at radius 3 is 2.83 bits per heavy atom. The lowest BCUT2D eigenvalue weighted by molar-refractivity contribution is -0.138. The summed E-state index contributed by atoms with van der Waals surface area (Å²) in [5, 5.41) is 3.57. The van der Waals surface area contributed by atoms with E-state index in [1.54, 1.807) is 31.2 Å². The summed E-state index contributed by atoms with van der Waals surface area (Å²) in [6.45, 7) is 4.84. The highest BCUT2D eigenvalue weighted by atomic mass is 16.5. The van der Waals surface area contributed by atoms with Gasteiger partial charge in [0.05, 0.1) is 0 Å². The number of carbonyl (C=O) groups is 2. The minimum atomic E-state index is -0.547. The third-order valence-electron chi connectivity index (χ3n) is 4.74. The van der Waals surface area contributed by atoms with Crippen molar-refractivity contribution in [2.45, 2.75) is 51.3 Å². The van der Waals surface area contributed by atoms with Crippen molar-refractivity contribution < 1.29 is 14.3 Å². The van der Waals surface area contributed by atoms with Gasteiger partial charge in [-0.25, -0.2) is 0 Å². The molecule has 5 heteroatoms. The second-order valence-electron chi connectivity index (χ2n) is 6.55. The number of benzene rings is 1. The van der Waals surface area contributed by atoms with Crippen LogP contribution in [-0.4, -0.2) is 47.9 Å². The fourth-order valence-corrected chi connectivity index (χ4v) is 3.44. The number of amides is 1. The summed E-state index contributed by atoms with van der Waals surface area (Å²) in [6.07, 6.45) is 2.82. The minimum absolute atomic E-state index is 0.0101. The Kier molecular flexibility index (Phi) is 4.66. The smallest absolute Gasteiger partial charge is 0.263 e. The van der Waals surface area contributed by atoms with Gasteiger partial charge in [-0.2, -0.15) is 0 Å². The van der Waals surface area contributed by atoms with Gasteiger partial charge in [-0.15, -0.1) is 0 Å². The number of ketones is 1. The number of hydrogen-bond donors (Lipinski definition) is 1. The molecule has 0 radical (unpaired) electrons. The van der Waals surface area contributed by atoms with Crippen molar-refractivity contribution in [2.24, 2.45) is 0 Å². The van der Waals surface area contributed by atoms with E-state index in [9.17, 15) is 9.59 Å². The van der Waals surface area contributed by atoms with E-state index in [-0.39, 0.29) is 11.7 Å². The Bertz CT molecular complexity index is 602. The third-order valence-corrected chi connectivity index (χ3v) is 4.74. The Hall–Kier alpha value is -1.88. The molecule has 2 fully saturated rings. The maximum Gasteiger partial charge on any atom is 0.263 e. The molecule has 2 heterocycles. The van der Waals surface area contributed by atoms with Gasteiger partial charge in [0.25, 0.3) is 5.91 Å². The lowest BCUT2D eigenvalue weighted by Gasteiger charge is -2.27. The molecule has 2 aliphatic rings. The number of likely N-dealkylation sites (tertiary alicyclic amines) is 1. The molecule has 0 spiro atoms. The van der Waals surface area contributed by atoms with Crippen molar-refractivity contribution >= 4 is 11.7 Å². The number of nitrogens with one attached hydrogen (secondary N) is 1. The predicted octanol–water partition coefficient (Wildman–Crippen LogP) is 2.01. The molecular formula is C18H24N2O3. The summed E-state index contributed by atoms with van der Waals surface area (Å²) in [4.78, 5) is 26.0.